The first-order valence-corrected chi connectivity index (χ1v) is 5.22. The molecule has 1 amide bonds. The quantitative estimate of drug-likeness (QED) is 0.756. The van der Waals surface area contributed by atoms with Crippen LogP contribution in [0, 0.1) is 0 Å². The molecule has 0 saturated heterocycles. The molecule has 0 radical (unpaired) electrons. The van der Waals surface area contributed by atoms with Gasteiger partial charge in [-0.15, -0.1) is 0 Å². The summed E-state index contributed by atoms with van der Waals surface area (Å²) in [6.45, 7) is 0.208. The summed E-state index contributed by atoms with van der Waals surface area (Å²) in [6.07, 6.45) is -0.184. The Kier molecular flexibility index (Phi) is 3.13. The van der Waals surface area contributed by atoms with E-state index in [0.29, 0.717) is 22.9 Å². The van der Waals surface area contributed by atoms with Crippen molar-refractivity contribution in [3.63, 3.8) is 0 Å². The number of benzene rings is 1. The number of hydrogen-bond donors (Lipinski definition) is 2. The van der Waals surface area contributed by atoms with Crippen LogP contribution in [0.15, 0.2) is 23.0 Å². The minimum absolute atomic E-state index is 0.0115. The van der Waals surface area contributed by atoms with Crippen LogP contribution >= 0.6 is 0 Å². The number of nitrogens with zero attached hydrogens (tertiary/aromatic N) is 1. The van der Waals surface area contributed by atoms with Gasteiger partial charge in [-0.2, -0.15) is 0 Å². The topological polar surface area (TPSA) is 107 Å². The van der Waals surface area contributed by atoms with Crippen LogP contribution in [0.1, 0.15) is 10.4 Å². The van der Waals surface area contributed by atoms with Crippen molar-refractivity contribution in [2.24, 2.45) is 5.73 Å². The third-order valence-corrected chi connectivity index (χ3v) is 2.49. The number of amides is 1. The molecule has 0 saturated carbocycles. The molecular formula is C11H11N3O4. The number of imidazole rings is 1. The van der Waals surface area contributed by atoms with E-state index in [1.165, 1.54) is 4.57 Å². The zero-order valence-corrected chi connectivity index (χ0v) is 9.38. The van der Waals surface area contributed by atoms with Crippen LogP contribution in [0.4, 0.5) is 4.79 Å². The van der Waals surface area contributed by atoms with Crippen molar-refractivity contribution >= 4 is 23.4 Å². The van der Waals surface area contributed by atoms with Gasteiger partial charge in [-0.05, 0) is 18.2 Å². The third kappa shape index (κ3) is 2.24. The fourth-order valence-corrected chi connectivity index (χ4v) is 1.71. The highest BCUT2D eigenvalue weighted by atomic mass is 16.5. The molecule has 7 nitrogen and oxygen atoms in total. The summed E-state index contributed by atoms with van der Waals surface area (Å²) in [5.74, 6) is 0. The van der Waals surface area contributed by atoms with E-state index >= 15 is 0 Å². The Hall–Kier alpha value is -2.57. The van der Waals surface area contributed by atoms with E-state index in [1.54, 1.807) is 18.2 Å². The summed E-state index contributed by atoms with van der Waals surface area (Å²) in [6, 6.07) is 4.84. The van der Waals surface area contributed by atoms with E-state index in [-0.39, 0.29) is 18.8 Å². The summed E-state index contributed by atoms with van der Waals surface area (Å²) in [7, 11) is 0. The molecule has 3 N–H and O–H groups in total. The molecule has 0 unspecified atom stereocenters. The van der Waals surface area contributed by atoms with Gasteiger partial charge in [0.2, 0.25) is 0 Å². The molecule has 0 spiro atoms. The van der Waals surface area contributed by atoms with E-state index in [9.17, 15) is 14.4 Å². The molecule has 0 bridgehead atoms. The predicted molar refractivity (Wildman–Crippen MR) is 63.5 cm³/mol. The second-order valence-electron chi connectivity index (χ2n) is 3.64. The predicted octanol–water partition coefficient (Wildman–Crippen LogP) is 0.237. The van der Waals surface area contributed by atoms with Gasteiger partial charge in [0.25, 0.3) is 0 Å². The number of aromatic nitrogens is 2. The van der Waals surface area contributed by atoms with Crippen LogP contribution in [-0.2, 0) is 11.3 Å². The van der Waals surface area contributed by atoms with Crippen molar-refractivity contribution in [2.45, 2.75) is 6.54 Å². The lowest BCUT2D eigenvalue weighted by Crippen LogP contribution is -2.22. The molecule has 94 valence electrons. The zero-order chi connectivity index (χ0) is 13.1. The second kappa shape index (κ2) is 4.74. The van der Waals surface area contributed by atoms with Crippen molar-refractivity contribution in [3.8, 4) is 0 Å². The van der Waals surface area contributed by atoms with Crippen LogP contribution < -0.4 is 11.4 Å². The molecule has 2 rings (SSSR count). The van der Waals surface area contributed by atoms with Gasteiger partial charge in [0, 0.05) is 5.56 Å². The highest BCUT2D eigenvalue weighted by molar-refractivity contribution is 5.84. The average molecular weight is 249 g/mol. The van der Waals surface area contributed by atoms with Gasteiger partial charge in [0.1, 0.15) is 12.9 Å². The summed E-state index contributed by atoms with van der Waals surface area (Å²) in [4.78, 5) is 35.3. The summed E-state index contributed by atoms with van der Waals surface area (Å²) >= 11 is 0. The molecule has 0 atom stereocenters. The van der Waals surface area contributed by atoms with Crippen molar-refractivity contribution in [1.82, 2.24) is 9.55 Å². The minimum Gasteiger partial charge on any atom is -0.448 e. The number of ether oxygens (including phenoxy) is 1. The molecule has 1 aromatic heterocycles. The molecule has 0 aliphatic rings. The number of primary amides is 1. The lowest BCUT2D eigenvalue weighted by molar-refractivity contribution is 0.112. The molecule has 1 aromatic carbocycles. The zero-order valence-electron chi connectivity index (χ0n) is 9.38. The normalized spacial score (nSPS) is 10.4. The van der Waals surface area contributed by atoms with Crippen molar-refractivity contribution in [2.75, 3.05) is 6.61 Å². The highest BCUT2D eigenvalue weighted by Crippen LogP contribution is 2.11. The van der Waals surface area contributed by atoms with Crippen LogP contribution in [0.2, 0.25) is 0 Å². The molecule has 1 heterocycles. The smallest absolute Gasteiger partial charge is 0.404 e. The van der Waals surface area contributed by atoms with Crippen LogP contribution in [0.3, 0.4) is 0 Å². The van der Waals surface area contributed by atoms with E-state index in [2.05, 4.69) is 9.72 Å². The number of carbonyl (C=O) groups is 2. The number of hydrogen-bond acceptors (Lipinski definition) is 4. The number of nitrogens with two attached hydrogens (primary N) is 1. The van der Waals surface area contributed by atoms with Crippen molar-refractivity contribution in [3.05, 3.63) is 34.2 Å². The summed E-state index contributed by atoms with van der Waals surface area (Å²) < 4.78 is 5.98. The van der Waals surface area contributed by atoms with Gasteiger partial charge in [0.05, 0.1) is 17.6 Å². The maximum absolute atomic E-state index is 11.7. The highest BCUT2D eigenvalue weighted by Gasteiger charge is 2.07. The largest absolute Gasteiger partial charge is 0.448 e. The lowest BCUT2D eigenvalue weighted by Gasteiger charge is -2.03. The maximum atomic E-state index is 11.7. The summed E-state index contributed by atoms with van der Waals surface area (Å²) in [5.41, 5.74) is 6.17. The Balaban J connectivity index is 2.32. The average Bonchev–Trinajstić information content (AvgIpc) is 2.64. The Labute approximate surface area is 101 Å². The van der Waals surface area contributed by atoms with Crippen molar-refractivity contribution in [1.29, 1.82) is 0 Å². The fourth-order valence-electron chi connectivity index (χ4n) is 1.71. The van der Waals surface area contributed by atoms with Gasteiger partial charge in [0.15, 0.2) is 0 Å². The molecule has 7 heteroatoms. The summed E-state index contributed by atoms with van der Waals surface area (Å²) in [5, 5.41) is 0. The number of rotatable bonds is 4. The lowest BCUT2D eigenvalue weighted by atomic mass is 10.2. The third-order valence-electron chi connectivity index (χ3n) is 2.49. The molecule has 0 fully saturated rings. The van der Waals surface area contributed by atoms with E-state index < -0.39 is 6.09 Å². The first-order chi connectivity index (χ1) is 8.61. The van der Waals surface area contributed by atoms with E-state index in [4.69, 9.17) is 5.73 Å². The number of aromatic amines is 1. The van der Waals surface area contributed by atoms with Crippen LogP contribution in [-0.4, -0.2) is 28.5 Å². The van der Waals surface area contributed by atoms with Gasteiger partial charge in [-0.25, -0.2) is 9.59 Å². The number of carbonyl (C=O) groups excluding carboxylic acids is 2. The number of nitrogens with one attached hydrogen (secondary N) is 1. The maximum Gasteiger partial charge on any atom is 0.404 e. The standard InChI is InChI=1S/C11H11N3O4/c12-10(16)18-4-3-14-9-2-1-7(6-15)5-8(9)13-11(14)17/h1-2,5-6H,3-4H2,(H2,12,16)(H,13,17). The Bertz CT molecular complexity index is 656. The van der Waals surface area contributed by atoms with Gasteiger partial charge < -0.3 is 15.5 Å². The van der Waals surface area contributed by atoms with E-state index in [1.807, 2.05) is 0 Å². The monoisotopic (exact) mass is 249 g/mol. The SMILES string of the molecule is NC(=O)OCCn1c(=O)[nH]c2cc(C=O)ccc21. The first-order valence-electron chi connectivity index (χ1n) is 5.22. The fraction of sp³-hybridized carbons (Fsp3) is 0.182. The Morgan fingerprint density at radius 2 is 2.28 bits per heavy atom. The number of aldehydes is 1. The van der Waals surface area contributed by atoms with Gasteiger partial charge in [-0.1, -0.05) is 0 Å². The van der Waals surface area contributed by atoms with E-state index in [0.717, 1.165) is 0 Å². The molecule has 2 aromatic rings. The molecule has 18 heavy (non-hydrogen) atoms. The second-order valence-corrected chi connectivity index (χ2v) is 3.64. The number of H-pyrrole nitrogens is 1. The Morgan fingerprint density at radius 1 is 1.50 bits per heavy atom. The van der Waals surface area contributed by atoms with Crippen LogP contribution in [0.5, 0.6) is 0 Å². The number of fused-ring (bicyclic) bond motifs is 1. The van der Waals surface area contributed by atoms with Gasteiger partial charge in [-0.3, -0.25) is 9.36 Å². The molecular weight excluding hydrogens is 238 g/mol. The molecule has 0 aliphatic heterocycles. The Morgan fingerprint density at radius 3 is 2.94 bits per heavy atom. The van der Waals surface area contributed by atoms with Gasteiger partial charge >= 0.3 is 11.8 Å². The van der Waals surface area contributed by atoms with Crippen LogP contribution in [0.25, 0.3) is 11.0 Å². The first kappa shape index (κ1) is 11.9. The molecule has 0 aliphatic carbocycles. The van der Waals surface area contributed by atoms with Crippen molar-refractivity contribution < 1.29 is 14.3 Å². The minimum atomic E-state index is -0.883.